The van der Waals surface area contributed by atoms with Crippen LogP contribution in [-0.4, -0.2) is 28.8 Å². The molecule has 0 spiro atoms. The van der Waals surface area contributed by atoms with Gasteiger partial charge in [-0.05, 0) is 23.8 Å². The summed E-state index contributed by atoms with van der Waals surface area (Å²) in [6.07, 6.45) is 2.48. The van der Waals surface area contributed by atoms with Crippen molar-refractivity contribution < 1.29 is 9.59 Å². The van der Waals surface area contributed by atoms with Crippen molar-refractivity contribution in [2.24, 2.45) is 5.92 Å². The first kappa shape index (κ1) is 16.0. The van der Waals surface area contributed by atoms with Gasteiger partial charge in [-0.15, -0.1) is 11.3 Å². The molecule has 1 aliphatic rings. The Morgan fingerprint density at radius 2 is 2.14 bits per heavy atom. The van der Waals surface area contributed by atoms with E-state index in [1.807, 2.05) is 38.3 Å². The molecule has 4 nitrogen and oxygen atoms in total. The van der Waals surface area contributed by atoms with Crippen LogP contribution in [0.3, 0.4) is 0 Å². The Bertz CT molecular complexity index is 486. The number of nitrogens with one attached hydrogen (secondary N) is 1. The molecule has 0 saturated carbocycles. The topological polar surface area (TPSA) is 49.4 Å². The zero-order valence-electron chi connectivity index (χ0n) is 13.0. The van der Waals surface area contributed by atoms with Crippen molar-refractivity contribution >= 4 is 23.2 Å². The molecule has 3 atom stereocenters. The average Bonchev–Trinajstić information content (AvgIpc) is 2.98. The number of carbonyl (C=O) groups excluding carboxylic acids is 2. The Kier molecular flexibility index (Phi) is 5.39. The van der Waals surface area contributed by atoms with Crippen molar-refractivity contribution in [2.75, 3.05) is 0 Å². The van der Waals surface area contributed by atoms with E-state index in [0.717, 1.165) is 24.1 Å². The highest BCUT2D eigenvalue weighted by atomic mass is 32.1. The zero-order chi connectivity index (χ0) is 15.4. The second-order valence-electron chi connectivity index (χ2n) is 5.72. The number of thiophene rings is 1. The molecule has 1 saturated heterocycles. The van der Waals surface area contributed by atoms with E-state index in [1.165, 1.54) is 0 Å². The zero-order valence-corrected chi connectivity index (χ0v) is 13.8. The van der Waals surface area contributed by atoms with Crippen LogP contribution in [0.4, 0.5) is 0 Å². The normalized spacial score (nSPS) is 24.0. The molecule has 3 unspecified atom stereocenters. The van der Waals surface area contributed by atoms with Crippen LogP contribution < -0.4 is 5.32 Å². The standard InChI is InChI=1S/C16H24N2O2S/c1-4-7-13-15(19)17-14(11(3)5-2)16(20)18(13)10-12-8-6-9-21-12/h6,8-9,11,13-14H,4-5,7,10H2,1-3H3,(H,17,19). The van der Waals surface area contributed by atoms with Gasteiger partial charge in [-0.2, -0.15) is 0 Å². The third-order valence-corrected chi connectivity index (χ3v) is 5.07. The van der Waals surface area contributed by atoms with E-state index in [0.29, 0.717) is 6.54 Å². The fraction of sp³-hybridized carbons (Fsp3) is 0.625. The molecule has 0 bridgehead atoms. The van der Waals surface area contributed by atoms with Gasteiger partial charge in [0.25, 0.3) is 0 Å². The molecule has 2 rings (SSSR count). The molecule has 1 fully saturated rings. The van der Waals surface area contributed by atoms with E-state index < -0.39 is 0 Å². The van der Waals surface area contributed by atoms with Gasteiger partial charge in [-0.1, -0.05) is 39.7 Å². The number of hydrogen-bond donors (Lipinski definition) is 1. The van der Waals surface area contributed by atoms with Gasteiger partial charge in [-0.3, -0.25) is 9.59 Å². The van der Waals surface area contributed by atoms with Crippen molar-refractivity contribution in [1.29, 1.82) is 0 Å². The Morgan fingerprint density at radius 3 is 2.71 bits per heavy atom. The molecular formula is C16H24N2O2S. The minimum Gasteiger partial charge on any atom is -0.342 e. The molecule has 1 aromatic heterocycles. The third kappa shape index (κ3) is 3.46. The quantitative estimate of drug-likeness (QED) is 0.878. The average molecular weight is 308 g/mol. The lowest BCUT2D eigenvalue weighted by atomic mass is 9.93. The fourth-order valence-electron chi connectivity index (χ4n) is 2.73. The highest BCUT2D eigenvalue weighted by Gasteiger charge is 2.41. The van der Waals surface area contributed by atoms with Gasteiger partial charge in [0, 0.05) is 4.88 Å². The molecule has 2 amide bonds. The lowest BCUT2D eigenvalue weighted by molar-refractivity contribution is -0.151. The lowest BCUT2D eigenvalue weighted by Gasteiger charge is -2.40. The Labute approximate surface area is 130 Å². The van der Waals surface area contributed by atoms with E-state index in [1.54, 1.807) is 16.2 Å². The van der Waals surface area contributed by atoms with Crippen LogP contribution in [0.15, 0.2) is 17.5 Å². The summed E-state index contributed by atoms with van der Waals surface area (Å²) in [7, 11) is 0. The number of nitrogens with zero attached hydrogens (tertiary/aromatic N) is 1. The Hall–Kier alpha value is -1.36. The molecule has 0 radical (unpaired) electrons. The van der Waals surface area contributed by atoms with Crippen molar-refractivity contribution in [3.63, 3.8) is 0 Å². The summed E-state index contributed by atoms with van der Waals surface area (Å²) in [6, 6.07) is 3.29. The molecule has 0 aliphatic carbocycles. The van der Waals surface area contributed by atoms with Crippen molar-refractivity contribution in [3.8, 4) is 0 Å². The summed E-state index contributed by atoms with van der Waals surface area (Å²) in [5.74, 6) is 0.226. The van der Waals surface area contributed by atoms with E-state index in [2.05, 4.69) is 5.32 Å². The van der Waals surface area contributed by atoms with Crippen LogP contribution in [-0.2, 0) is 16.1 Å². The largest absolute Gasteiger partial charge is 0.342 e. The second-order valence-corrected chi connectivity index (χ2v) is 6.75. The van der Waals surface area contributed by atoms with Gasteiger partial charge in [-0.25, -0.2) is 0 Å². The van der Waals surface area contributed by atoms with E-state index in [4.69, 9.17) is 0 Å². The van der Waals surface area contributed by atoms with Crippen LogP contribution in [0.2, 0.25) is 0 Å². The summed E-state index contributed by atoms with van der Waals surface area (Å²) >= 11 is 1.63. The summed E-state index contributed by atoms with van der Waals surface area (Å²) in [5.41, 5.74) is 0. The number of amides is 2. The molecule has 2 heterocycles. The number of hydrogen-bond acceptors (Lipinski definition) is 3. The molecule has 1 aromatic rings. The summed E-state index contributed by atoms with van der Waals surface area (Å²) < 4.78 is 0. The van der Waals surface area contributed by atoms with E-state index >= 15 is 0 Å². The van der Waals surface area contributed by atoms with E-state index in [-0.39, 0.29) is 29.8 Å². The first-order chi connectivity index (χ1) is 10.1. The molecule has 1 aliphatic heterocycles. The highest BCUT2D eigenvalue weighted by Crippen LogP contribution is 2.23. The van der Waals surface area contributed by atoms with Crippen LogP contribution in [0.25, 0.3) is 0 Å². The van der Waals surface area contributed by atoms with Gasteiger partial charge in [0.05, 0.1) is 6.54 Å². The SMILES string of the molecule is CCCC1C(=O)NC(C(C)CC)C(=O)N1Cc1cccs1. The van der Waals surface area contributed by atoms with Crippen LogP contribution in [0.5, 0.6) is 0 Å². The van der Waals surface area contributed by atoms with Gasteiger partial charge >= 0.3 is 0 Å². The van der Waals surface area contributed by atoms with Crippen LogP contribution >= 0.6 is 11.3 Å². The predicted octanol–water partition coefficient (Wildman–Crippen LogP) is 2.79. The smallest absolute Gasteiger partial charge is 0.246 e. The highest BCUT2D eigenvalue weighted by molar-refractivity contribution is 7.09. The van der Waals surface area contributed by atoms with Crippen molar-refractivity contribution in [2.45, 2.75) is 58.7 Å². The minimum absolute atomic E-state index is 0.00157. The molecule has 116 valence electrons. The molecule has 1 N–H and O–H groups in total. The minimum atomic E-state index is -0.379. The summed E-state index contributed by atoms with van der Waals surface area (Å²) in [4.78, 5) is 28.1. The monoisotopic (exact) mass is 308 g/mol. The predicted molar refractivity (Wildman–Crippen MR) is 85.0 cm³/mol. The summed E-state index contributed by atoms with van der Waals surface area (Å²) in [6.45, 7) is 6.65. The van der Waals surface area contributed by atoms with Crippen LogP contribution in [0.1, 0.15) is 44.9 Å². The van der Waals surface area contributed by atoms with Crippen molar-refractivity contribution in [1.82, 2.24) is 10.2 Å². The third-order valence-electron chi connectivity index (χ3n) is 4.21. The molecular weight excluding hydrogens is 284 g/mol. The van der Waals surface area contributed by atoms with Gasteiger partial charge < -0.3 is 10.2 Å². The maximum Gasteiger partial charge on any atom is 0.246 e. The summed E-state index contributed by atoms with van der Waals surface area (Å²) in [5, 5.41) is 4.94. The fourth-order valence-corrected chi connectivity index (χ4v) is 3.43. The lowest BCUT2D eigenvalue weighted by Crippen LogP contribution is -2.64. The van der Waals surface area contributed by atoms with Gasteiger partial charge in [0.1, 0.15) is 12.1 Å². The molecule has 0 aromatic carbocycles. The van der Waals surface area contributed by atoms with E-state index in [9.17, 15) is 9.59 Å². The maximum absolute atomic E-state index is 12.8. The molecule has 5 heteroatoms. The van der Waals surface area contributed by atoms with Crippen molar-refractivity contribution in [3.05, 3.63) is 22.4 Å². The second kappa shape index (κ2) is 7.07. The number of rotatable bonds is 6. The molecule has 21 heavy (non-hydrogen) atoms. The van der Waals surface area contributed by atoms with Crippen LogP contribution in [0, 0.1) is 5.92 Å². The first-order valence-electron chi connectivity index (χ1n) is 7.71. The van der Waals surface area contributed by atoms with Gasteiger partial charge in [0.2, 0.25) is 11.8 Å². The number of piperazine rings is 1. The Balaban J connectivity index is 2.23. The number of carbonyl (C=O) groups is 2. The first-order valence-corrected chi connectivity index (χ1v) is 8.59. The Morgan fingerprint density at radius 1 is 1.38 bits per heavy atom. The maximum atomic E-state index is 12.8. The van der Waals surface area contributed by atoms with Gasteiger partial charge in [0.15, 0.2) is 0 Å².